The Hall–Kier alpha value is -1.02. The molecule has 0 saturated heterocycles. The van der Waals surface area contributed by atoms with Gasteiger partial charge in [-0.2, -0.15) is 0 Å². The Morgan fingerprint density at radius 2 is 1.81 bits per heavy atom. The van der Waals surface area contributed by atoms with Gasteiger partial charge >= 0.3 is 0 Å². The number of rotatable bonds is 6. The van der Waals surface area contributed by atoms with Crippen LogP contribution in [0, 0.1) is 0 Å². The smallest absolute Gasteiger partial charge is 0.120 e. The Labute approximate surface area is 99.0 Å². The quantitative estimate of drug-likeness (QED) is 0.797. The first-order valence-corrected chi connectivity index (χ1v) is 6.00. The summed E-state index contributed by atoms with van der Waals surface area (Å²) in [6.07, 6.45) is 2.07. The molecule has 2 nitrogen and oxygen atoms in total. The monoisotopic (exact) mass is 221 g/mol. The fourth-order valence-corrected chi connectivity index (χ4v) is 1.38. The summed E-state index contributed by atoms with van der Waals surface area (Å²) in [4.78, 5) is 0. The molecule has 90 valence electrons. The molecule has 16 heavy (non-hydrogen) atoms. The van der Waals surface area contributed by atoms with Crippen LogP contribution >= 0.6 is 0 Å². The molecule has 0 bridgehead atoms. The first-order valence-electron chi connectivity index (χ1n) is 6.00. The lowest BCUT2D eigenvalue weighted by atomic mass is 10.1. The van der Waals surface area contributed by atoms with Crippen LogP contribution in [0.4, 0.5) is 0 Å². The summed E-state index contributed by atoms with van der Waals surface area (Å²) in [5, 5.41) is 3.15. The van der Waals surface area contributed by atoms with Gasteiger partial charge < -0.3 is 10.1 Å². The predicted octanol–water partition coefficient (Wildman–Crippen LogP) is 3.02. The van der Waals surface area contributed by atoms with Crippen LogP contribution in [-0.4, -0.2) is 19.2 Å². The molecule has 0 aliphatic heterocycles. The molecule has 0 aliphatic carbocycles. The predicted molar refractivity (Wildman–Crippen MR) is 69.1 cm³/mol. The Bertz CT molecular complexity index is 303. The van der Waals surface area contributed by atoms with E-state index in [9.17, 15) is 0 Å². The average molecular weight is 221 g/mol. The van der Waals surface area contributed by atoms with E-state index >= 15 is 0 Å². The number of hydrogen-bond donors (Lipinski definition) is 1. The van der Waals surface area contributed by atoms with Gasteiger partial charge in [-0.1, -0.05) is 19.1 Å². The lowest BCUT2D eigenvalue weighted by molar-refractivity contribution is 0.105. The standard InChI is InChI=1S/C14H23NO/c1-5-14(2,3)16-13-8-6-12(7-9-13)10-11-15-4/h6-9,15H,5,10-11H2,1-4H3. The van der Waals surface area contributed by atoms with Gasteiger partial charge in [-0.25, -0.2) is 0 Å². The molecule has 1 aromatic rings. The van der Waals surface area contributed by atoms with Crippen LogP contribution in [0.2, 0.25) is 0 Å². The largest absolute Gasteiger partial charge is 0.488 e. The van der Waals surface area contributed by atoms with Gasteiger partial charge in [-0.05, 0) is 58.0 Å². The van der Waals surface area contributed by atoms with Crippen molar-refractivity contribution in [2.45, 2.75) is 39.2 Å². The minimum atomic E-state index is -0.0769. The molecule has 0 unspecified atom stereocenters. The number of nitrogens with one attached hydrogen (secondary N) is 1. The maximum Gasteiger partial charge on any atom is 0.120 e. The molecule has 0 spiro atoms. The van der Waals surface area contributed by atoms with Crippen molar-refractivity contribution in [2.75, 3.05) is 13.6 Å². The van der Waals surface area contributed by atoms with Crippen LogP contribution in [-0.2, 0) is 6.42 Å². The molecule has 0 aromatic heterocycles. The molecule has 0 heterocycles. The van der Waals surface area contributed by atoms with Gasteiger partial charge in [0.15, 0.2) is 0 Å². The summed E-state index contributed by atoms with van der Waals surface area (Å²) in [7, 11) is 1.97. The molecule has 0 fully saturated rings. The number of benzene rings is 1. The zero-order valence-electron chi connectivity index (χ0n) is 10.8. The maximum absolute atomic E-state index is 5.89. The van der Waals surface area contributed by atoms with Crippen molar-refractivity contribution in [3.8, 4) is 5.75 Å². The van der Waals surface area contributed by atoms with Crippen molar-refractivity contribution < 1.29 is 4.74 Å². The molecular formula is C14H23NO. The molecule has 1 aromatic carbocycles. The van der Waals surface area contributed by atoms with Gasteiger partial charge in [0.25, 0.3) is 0 Å². The molecule has 1 rings (SSSR count). The second-order valence-electron chi connectivity index (χ2n) is 4.71. The fraction of sp³-hybridized carbons (Fsp3) is 0.571. The van der Waals surface area contributed by atoms with Gasteiger partial charge in [0.2, 0.25) is 0 Å². The van der Waals surface area contributed by atoms with E-state index in [1.54, 1.807) is 0 Å². The van der Waals surface area contributed by atoms with E-state index in [0.717, 1.165) is 25.1 Å². The van der Waals surface area contributed by atoms with Gasteiger partial charge in [0.1, 0.15) is 11.4 Å². The molecule has 0 radical (unpaired) electrons. The van der Waals surface area contributed by atoms with E-state index in [1.807, 2.05) is 7.05 Å². The summed E-state index contributed by atoms with van der Waals surface area (Å²) in [6.45, 7) is 7.38. The summed E-state index contributed by atoms with van der Waals surface area (Å²) in [6, 6.07) is 8.39. The van der Waals surface area contributed by atoms with E-state index in [1.165, 1.54) is 5.56 Å². The van der Waals surface area contributed by atoms with Crippen molar-refractivity contribution in [2.24, 2.45) is 0 Å². The molecule has 0 saturated carbocycles. The highest BCUT2D eigenvalue weighted by atomic mass is 16.5. The van der Waals surface area contributed by atoms with E-state index in [4.69, 9.17) is 4.74 Å². The maximum atomic E-state index is 5.89. The number of likely N-dealkylation sites (N-methyl/N-ethyl adjacent to an activating group) is 1. The van der Waals surface area contributed by atoms with E-state index in [0.29, 0.717) is 0 Å². The zero-order valence-corrected chi connectivity index (χ0v) is 10.8. The fourth-order valence-electron chi connectivity index (χ4n) is 1.38. The topological polar surface area (TPSA) is 21.3 Å². The minimum Gasteiger partial charge on any atom is -0.488 e. The first kappa shape index (κ1) is 13.0. The molecule has 0 aliphatic rings. The van der Waals surface area contributed by atoms with Crippen molar-refractivity contribution in [3.63, 3.8) is 0 Å². The van der Waals surface area contributed by atoms with Gasteiger partial charge in [0, 0.05) is 0 Å². The Morgan fingerprint density at radius 1 is 1.19 bits per heavy atom. The third-order valence-electron chi connectivity index (χ3n) is 2.83. The van der Waals surface area contributed by atoms with Crippen LogP contribution in [0.15, 0.2) is 24.3 Å². The second kappa shape index (κ2) is 5.90. The van der Waals surface area contributed by atoms with Crippen LogP contribution < -0.4 is 10.1 Å². The van der Waals surface area contributed by atoms with E-state index < -0.39 is 0 Å². The van der Waals surface area contributed by atoms with Crippen molar-refractivity contribution in [1.82, 2.24) is 5.32 Å². The van der Waals surface area contributed by atoms with Gasteiger partial charge in [0.05, 0.1) is 0 Å². The van der Waals surface area contributed by atoms with Crippen LogP contribution in [0.3, 0.4) is 0 Å². The van der Waals surface area contributed by atoms with Gasteiger partial charge in [-0.15, -0.1) is 0 Å². The van der Waals surface area contributed by atoms with E-state index in [-0.39, 0.29) is 5.60 Å². The molecule has 1 N–H and O–H groups in total. The van der Waals surface area contributed by atoms with Crippen molar-refractivity contribution in [1.29, 1.82) is 0 Å². The zero-order chi connectivity index (χ0) is 12.0. The highest BCUT2D eigenvalue weighted by Gasteiger charge is 2.16. The van der Waals surface area contributed by atoms with Crippen LogP contribution in [0.5, 0.6) is 5.75 Å². The Morgan fingerprint density at radius 3 is 2.31 bits per heavy atom. The molecule has 0 atom stereocenters. The third kappa shape index (κ3) is 4.23. The minimum absolute atomic E-state index is 0.0769. The lowest BCUT2D eigenvalue weighted by Crippen LogP contribution is -2.26. The highest BCUT2D eigenvalue weighted by Crippen LogP contribution is 2.21. The van der Waals surface area contributed by atoms with Crippen molar-refractivity contribution >= 4 is 0 Å². The van der Waals surface area contributed by atoms with Crippen molar-refractivity contribution in [3.05, 3.63) is 29.8 Å². The Balaban J connectivity index is 2.57. The first-order chi connectivity index (χ1) is 7.57. The molecule has 0 amide bonds. The van der Waals surface area contributed by atoms with Crippen LogP contribution in [0.1, 0.15) is 32.8 Å². The summed E-state index contributed by atoms with van der Waals surface area (Å²) < 4.78 is 5.89. The number of ether oxygens (including phenoxy) is 1. The lowest BCUT2D eigenvalue weighted by Gasteiger charge is -2.24. The number of hydrogen-bond acceptors (Lipinski definition) is 2. The average Bonchev–Trinajstić information content (AvgIpc) is 2.28. The van der Waals surface area contributed by atoms with E-state index in [2.05, 4.69) is 50.4 Å². The highest BCUT2D eigenvalue weighted by molar-refractivity contribution is 5.28. The summed E-state index contributed by atoms with van der Waals surface area (Å²) in [5.74, 6) is 0.958. The van der Waals surface area contributed by atoms with Gasteiger partial charge in [-0.3, -0.25) is 0 Å². The SMILES string of the molecule is CCC(C)(C)Oc1ccc(CCNC)cc1. The summed E-state index contributed by atoms with van der Waals surface area (Å²) in [5.41, 5.74) is 1.27. The Kier molecular flexibility index (Phi) is 4.81. The molecular weight excluding hydrogens is 198 g/mol. The third-order valence-corrected chi connectivity index (χ3v) is 2.83. The normalized spacial score (nSPS) is 11.5. The second-order valence-corrected chi connectivity index (χ2v) is 4.71. The molecule has 2 heteroatoms. The van der Waals surface area contributed by atoms with Crippen LogP contribution in [0.25, 0.3) is 0 Å². The summed E-state index contributed by atoms with van der Waals surface area (Å²) >= 11 is 0.